The second-order valence-corrected chi connectivity index (χ2v) is 6.92. The molecule has 2 aromatic carbocycles. The third-order valence-electron chi connectivity index (χ3n) is 5.01. The molecule has 28 heavy (non-hydrogen) atoms. The number of pyridine rings is 1. The van der Waals surface area contributed by atoms with Crippen molar-refractivity contribution >= 4 is 17.3 Å². The van der Waals surface area contributed by atoms with Crippen molar-refractivity contribution in [1.29, 1.82) is 0 Å². The number of rotatable bonds is 5. The van der Waals surface area contributed by atoms with Crippen molar-refractivity contribution in [3.63, 3.8) is 0 Å². The average molecular weight is 375 g/mol. The van der Waals surface area contributed by atoms with Gasteiger partial charge in [-0.05, 0) is 60.7 Å². The summed E-state index contributed by atoms with van der Waals surface area (Å²) in [7, 11) is 0. The lowest BCUT2D eigenvalue weighted by Crippen LogP contribution is -2.27. The molecule has 0 unspecified atom stereocenters. The number of halogens is 1. The smallest absolute Gasteiger partial charge is 0.269 e. The molecule has 1 aliphatic rings. The number of aromatic nitrogens is 1. The number of benzene rings is 2. The summed E-state index contributed by atoms with van der Waals surface area (Å²) in [5, 5.41) is 2.87. The van der Waals surface area contributed by atoms with Crippen LogP contribution in [0.2, 0.25) is 0 Å². The molecule has 5 heteroatoms. The van der Waals surface area contributed by atoms with Gasteiger partial charge in [-0.2, -0.15) is 0 Å². The highest BCUT2D eigenvalue weighted by Crippen LogP contribution is 2.32. The van der Waals surface area contributed by atoms with Gasteiger partial charge in [-0.3, -0.25) is 4.79 Å². The van der Waals surface area contributed by atoms with E-state index in [1.54, 1.807) is 24.4 Å². The van der Waals surface area contributed by atoms with Crippen LogP contribution in [0, 0.1) is 5.82 Å². The monoisotopic (exact) mass is 375 g/mol. The maximum atomic E-state index is 12.9. The van der Waals surface area contributed by atoms with Crippen LogP contribution in [-0.4, -0.2) is 24.0 Å². The Morgan fingerprint density at radius 3 is 2.68 bits per heavy atom. The normalized spacial score (nSPS) is 13.1. The van der Waals surface area contributed by atoms with Gasteiger partial charge in [-0.25, -0.2) is 9.37 Å². The molecule has 1 N–H and O–H groups in total. The third-order valence-corrected chi connectivity index (χ3v) is 5.01. The Labute approximate surface area is 164 Å². The number of hydrogen-bond donors (Lipinski definition) is 1. The molecule has 0 saturated carbocycles. The summed E-state index contributed by atoms with van der Waals surface area (Å²) in [4.78, 5) is 18.9. The van der Waals surface area contributed by atoms with Crippen LogP contribution in [-0.2, 0) is 12.8 Å². The van der Waals surface area contributed by atoms with Crippen LogP contribution in [0.5, 0.6) is 0 Å². The first-order valence-corrected chi connectivity index (χ1v) is 9.55. The van der Waals surface area contributed by atoms with Crippen molar-refractivity contribution < 1.29 is 9.18 Å². The molecule has 0 saturated heterocycles. The topological polar surface area (TPSA) is 45.2 Å². The van der Waals surface area contributed by atoms with Gasteiger partial charge in [-0.1, -0.05) is 30.3 Å². The summed E-state index contributed by atoms with van der Waals surface area (Å²) in [5.74, 6) is -0.457. The van der Waals surface area contributed by atoms with Crippen molar-refractivity contribution in [2.24, 2.45) is 0 Å². The second kappa shape index (κ2) is 8.21. The molecule has 4 nitrogen and oxygen atoms in total. The SMILES string of the molecule is O=C(NCCc1ccc(F)cc1)c1ccc(N2CCCc3ccccc32)cn1. The van der Waals surface area contributed by atoms with Crippen LogP contribution in [0.4, 0.5) is 15.8 Å². The van der Waals surface area contributed by atoms with Gasteiger partial charge in [0.25, 0.3) is 5.91 Å². The van der Waals surface area contributed by atoms with Gasteiger partial charge in [0.1, 0.15) is 11.5 Å². The molecule has 1 amide bonds. The van der Waals surface area contributed by atoms with E-state index in [4.69, 9.17) is 0 Å². The predicted molar refractivity (Wildman–Crippen MR) is 108 cm³/mol. The first-order chi connectivity index (χ1) is 13.7. The van der Waals surface area contributed by atoms with Crippen molar-refractivity contribution in [3.8, 4) is 0 Å². The Kier molecular flexibility index (Phi) is 5.33. The van der Waals surface area contributed by atoms with Crippen LogP contribution in [0.1, 0.15) is 28.0 Å². The Hall–Kier alpha value is -3.21. The van der Waals surface area contributed by atoms with E-state index < -0.39 is 0 Å². The van der Waals surface area contributed by atoms with Crippen LogP contribution < -0.4 is 10.2 Å². The lowest BCUT2D eigenvalue weighted by atomic mass is 10.0. The van der Waals surface area contributed by atoms with Gasteiger partial charge in [-0.15, -0.1) is 0 Å². The van der Waals surface area contributed by atoms with Gasteiger partial charge in [0.05, 0.1) is 11.9 Å². The number of carbonyl (C=O) groups is 1. The van der Waals surface area contributed by atoms with E-state index in [1.807, 2.05) is 12.1 Å². The first kappa shape index (κ1) is 18.2. The molecular weight excluding hydrogens is 353 g/mol. The minimum absolute atomic E-state index is 0.201. The van der Waals surface area contributed by atoms with Crippen molar-refractivity contribution in [3.05, 3.63) is 89.5 Å². The maximum absolute atomic E-state index is 12.9. The largest absolute Gasteiger partial charge is 0.350 e. The van der Waals surface area contributed by atoms with E-state index in [0.29, 0.717) is 18.7 Å². The Bertz CT molecular complexity index is 954. The number of hydrogen-bond acceptors (Lipinski definition) is 3. The van der Waals surface area contributed by atoms with Crippen molar-refractivity contribution in [1.82, 2.24) is 10.3 Å². The van der Waals surface area contributed by atoms with Gasteiger partial charge < -0.3 is 10.2 Å². The molecule has 0 fully saturated rings. The number of carbonyl (C=O) groups excluding carboxylic acids is 1. The zero-order valence-corrected chi connectivity index (χ0v) is 15.6. The summed E-state index contributed by atoms with van der Waals surface area (Å²) >= 11 is 0. The molecule has 0 bridgehead atoms. The number of nitrogens with one attached hydrogen (secondary N) is 1. The van der Waals surface area contributed by atoms with E-state index in [0.717, 1.165) is 30.6 Å². The van der Waals surface area contributed by atoms with Crippen LogP contribution in [0.3, 0.4) is 0 Å². The van der Waals surface area contributed by atoms with E-state index in [-0.39, 0.29) is 11.7 Å². The predicted octanol–water partition coefficient (Wildman–Crippen LogP) is 4.28. The second-order valence-electron chi connectivity index (χ2n) is 6.92. The number of para-hydroxylation sites is 1. The van der Waals surface area contributed by atoms with Gasteiger partial charge in [0.15, 0.2) is 0 Å². The number of fused-ring (bicyclic) bond motifs is 1. The lowest BCUT2D eigenvalue weighted by molar-refractivity contribution is 0.0949. The molecule has 3 aromatic rings. The van der Waals surface area contributed by atoms with E-state index in [1.165, 1.54) is 23.4 Å². The maximum Gasteiger partial charge on any atom is 0.269 e. The number of anilines is 2. The molecule has 0 atom stereocenters. The third kappa shape index (κ3) is 4.03. The van der Waals surface area contributed by atoms with Crippen molar-refractivity contribution in [2.45, 2.75) is 19.3 Å². The van der Waals surface area contributed by atoms with Crippen molar-refractivity contribution in [2.75, 3.05) is 18.0 Å². The summed E-state index contributed by atoms with van der Waals surface area (Å²) in [5.41, 5.74) is 4.93. The van der Waals surface area contributed by atoms with Gasteiger partial charge >= 0.3 is 0 Å². The van der Waals surface area contributed by atoms with Gasteiger partial charge in [0.2, 0.25) is 0 Å². The standard InChI is InChI=1S/C23H22FN3O/c24-19-9-7-17(8-10-19)13-14-25-23(28)21-12-11-20(16-26-21)27-15-3-5-18-4-1-2-6-22(18)27/h1-2,4,6-12,16H,3,5,13-15H2,(H,25,28). The summed E-state index contributed by atoms with van der Waals surface area (Å²) < 4.78 is 12.9. The highest BCUT2D eigenvalue weighted by Gasteiger charge is 2.18. The Morgan fingerprint density at radius 2 is 1.89 bits per heavy atom. The van der Waals surface area contributed by atoms with Gasteiger partial charge in [0, 0.05) is 18.8 Å². The number of aryl methyl sites for hydroxylation is 1. The molecule has 1 aliphatic heterocycles. The molecule has 1 aromatic heterocycles. The number of nitrogens with zero attached hydrogens (tertiary/aromatic N) is 2. The molecule has 0 aliphatic carbocycles. The fourth-order valence-corrected chi connectivity index (χ4v) is 3.54. The zero-order chi connectivity index (χ0) is 19.3. The fraction of sp³-hybridized carbons (Fsp3) is 0.217. The van der Waals surface area contributed by atoms with Crippen LogP contribution in [0.25, 0.3) is 0 Å². The highest BCUT2D eigenvalue weighted by atomic mass is 19.1. The summed E-state index contributed by atoms with van der Waals surface area (Å²) in [6.07, 6.45) is 4.60. The van der Waals surface area contributed by atoms with Crippen LogP contribution in [0.15, 0.2) is 66.9 Å². The quantitative estimate of drug-likeness (QED) is 0.724. The number of amides is 1. The van der Waals surface area contributed by atoms with E-state index in [2.05, 4.69) is 33.4 Å². The fourth-order valence-electron chi connectivity index (χ4n) is 3.54. The highest BCUT2D eigenvalue weighted by molar-refractivity contribution is 5.92. The minimum Gasteiger partial charge on any atom is -0.350 e. The molecule has 0 spiro atoms. The lowest BCUT2D eigenvalue weighted by Gasteiger charge is -2.31. The molecular formula is C23H22FN3O. The minimum atomic E-state index is -0.256. The van der Waals surface area contributed by atoms with E-state index >= 15 is 0 Å². The Balaban J connectivity index is 1.38. The molecule has 0 radical (unpaired) electrons. The van der Waals surface area contributed by atoms with Crippen LogP contribution >= 0.6 is 0 Å². The molecule has 2 heterocycles. The summed E-state index contributed by atoms with van der Waals surface area (Å²) in [6.45, 7) is 1.43. The average Bonchev–Trinajstić information content (AvgIpc) is 2.75. The summed E-state index contributed by atoms with van der Waals surface area (Å²) in [6, 6.07) is 18.4. The first-order valence-electron chi connectivity index (χ1n) is 9.55. The molecule has 4 rings (SSSR count). The Morgan fingerprint density at radius 1 is 1.07 bits per heavy atom. The van der Waals surface area contributed by atoms with E-state index in [9.17, 15) is 9.18 Å². The molecule has 142 valence electrons. The zero-order valence-electron chi connectivity index (χ0n) is 15.6.